The standard InChI is InChI=1S/C14H26N4O/c1-4-7-9-16-13-12(15)14(19-10-6-3)18-11(17-13)8-5-2/h4-10,15H2,1-3H3,(H,16,17,18). The van der Waals surface area contributed by atoms with Gasteiger partial charge < -0.3 is 15.8 Å². The molecular weight excluding hydrogens is 240 g/mol. The van der Waals surface area contributed by atoms with Crippen LogP contribution in [0.1, 0.15) is 52.3 Å². The van der Waals surface area contributed by atoms with Crippen LogP contribution < -0.4 is 15.8 Å². The van der Waals surface area contributed by atoms with E-state index in [1.54, 1.807) is 0 Å². The molecule has 5 heteroatoms. The average Bonchev–Trinajstić information content (AvgIpc) is 2.41. The second kappa shape index (κ2) is 8.56. The maximum atomic E-state index is 6.06. The second-order valence-electron chi connectivity index (χ2n) is 4.59. The molecule has 3 N–H and O–H groups in total. The van der Waals surface area contributed by atoms with Crippen molar-refractivity contribution in [2.24, 2.45) is 0 Å². The molecule has 1 rings (SSSR count). The molecule has 0 aliphatic heterocycles. The Balaban J connectivity index is 2.88. The van der Waals surface area contributed by atoms with Gasteiger partial charge in [-0.3, -0.25) is 0 Å². The molecule has 1 aromatic heterocycles. The van der Waals surface area contributed by atoms with E-state index in [0.717, 1.165) is 44.5 Å². The number of aromatic nitrogens is 2. The van der Waals surface area contributed by atoms with Crippen molar-refractivity contribution in [3.8, 4) is 5.88 Å². The number of unbranched alkanes of at least 4 members (excludes halogenated alkanes) is 1. The molecule has 0 saturated heterocycles. The monoisotopic (exact) mass is 266 g/mol. The summed E-state index contributed by atoms with van der Waals surface area (Å²) in [4.78, 5) is 8.87. The Bertz CT molecular complexity index is 382. The molecule has 0 aliphatic rings. The predicted molar refractivity (Wildman–Crippen MR) is 79.6 cm³/mol. The summed E-state index contributed by atoms with van der Waals surface area (Å²) in [7, 11) is 0. The number of hydrogen-bond donors (Lipinski definition) is 2. The summed E-state index contributed by atoms with van der Waals surface area (Å²) in [6.07, 6.45) is 5.01. The van der Waals surface area contributed by atoms with Crippen LogP contribution in [0.4, 0.5) is 11.5 Å². The molecule has 108 valence electrons. The summed E-state index contributed by atoms with van der Waals surface area (Å²) >= 11 is 0. The Labute approximate surface area is 116 Å². The number of ether oxygens (including phenoxy) is 1. The minimum absolute atomic E-state index is 0.513. The number of nitrogens with one attached hydrogen (secondary N) is 1. The van der Waals surface area contributed by atoms with E-state index < -0.39 is 0 Å². The zero-order valence-electron chi connectivity index (χ0n) is 12.3. The van der Waals surface area contributed by atoms with Gasteiger partial charge in [-0.25, -0.2) is 4.98 Å². The van der Waals surface area contributed by atoms with Crippen molar-refractivity contribution in [2.75, 3.05) is 24.2 Å². The third-order valence-corrected chi connectivity index (χ3v) is 2.70. The first-order valence-electron chi connectivity index (χ1n) is 7.25. The number of nitrogen functional groups attached to an aromatic ring is 1. The van der Waals surface area contributed by atoms with Gasteiger partial charge >= 0.3 is 0 Å². The van der Waals surface area contributed by atoms with Crippen LogP contribution in [-0.2, 0) is 6.42 Å². The number of anilines is 2. The van der Waals surface area contributed by atoms with Gasteiger partial charge in [0.2, 0.25) is 5.88 Å². The number of rotatable bonds is 9. The highest BCUT2D eigenvalue weighted by molar-refractivity contribution is 5.66. The lowest BCUT2D eigenvalue weighted by Crippen LogP contribution is -2.12. The highest BCUT2D eigenvalue weighted by Gasteiger charge is 2.12. The first-order valence-corrected chi connectivity index (χ1v) is 7.25. The molecule has 0 saturated carbocycles. The van der Waals surface area contributed by atoms with Gasteiger partial charge in [0.05, 0.1) is 6.61 Å². The van der Waals surface area contributed by atoms with Crippen LogP contribution >= 0.6 is 0 Å². The smallest absolute Gasteiger partial charge is 0.242 e. The lowest BCUT2D eigenvalue weighted by atomic mass is 10.3. The fraction of sp³-hybridized carbons (Fsp3) is 0.714. The highest BCUT2D eigenvalue weighted by Crippen LogP contribution is 2.26. The fourth-order valence-electron chi connectivity index (χ4n) is 1.66. The highest BCUT2D eigenvalue weighted by atomic mass is 16.5. The number of aryl methyl sites for hydroxylation is 1. The summed E-state index contributed by atoms with van der Waals surface area (Å²) in [6.45, 7) is 7.82. The van der Waals surface area contributed by atoms with E-state index in [2.05, 4.69) is 36.1 Å². The van der Waals surface area contributed by atoms with Crippen molar-refractivity contribution in [2.45, 2.75) is 52.9 Å². The summed E-state index contributed by atoms with van der Waals surface area (Å²) in [6, 6.07) is 0. The van der Waals surface area contributed by atoms with Gasteiger partial charge in [0.25, 0.3) is 0 Å². The first kappa shape index (κ1) is 15.5. The van der Waals surface area contributed by atoms with Crippen molar-refractivity contribution in [3.63, 3.8) is 0 Å². The van der Waals surface area contributed by atoms with Crippen molar-refractivity contribution >= 4 is 11.5 Å². The molecular formula is C14H26N4O. The van der Waals surface area contributed by atoms with E-state index in [1.807, 2.05) is 0 Å². The molecule has 5 nitrogen and oxygen atoms in total. The summed E-state index contributed by atoms with van der Waals surface area (Å²) in [5, 5.41) is 3.27. The van der Waals surface area contributed by atoms with Crippen LogP contribution in [0.25, 0.3) is 0 Å². The van der Waals surface area contributed by atoms with Crippen molar-refractivity contribution in [1.29, 1.82) is 0 Å². The van der Waals surface area contributed by atoms with Crippen LogP contribution in [0.2, 0.25) is 0 Å². The van der Waals surface area contributed by atoms with Crippen LogP contribution in [-0.4, -0.2) is 23.1 Å². The third-order valence-electron chi connectivity index (χ3n) is 2.70. The first-order chi connectivity index (χ1) is 9.22. The maximum Gasteiger partial charge on any atom is 0.242 e. The van der Waals surface area contributed by atoms with E-state index in [-0.39, 0.29) is 0 Å². The quantitative estimate of drug-likeness (QED) is 0.672. The minimum atomic E-state index is 0.513. The molecule has 19 heavy (non-hydrogen) atoms. The topological polar surface area (TPSA) is 73.1 Å². The van der Waals surface area contributed by atoms with Crippen LogP contribution in [0.5, 0.6) is 5.88 Å². The number of hydrogen-bond acceptors (Lipinski definition) is 5. The predicted octanol–water partition coefficient (Wildman–Crippen LogP) is 3.01. The SMILES string of the molecule is CCCCNc1nc(CCC)nc(OCCC)c1N. The Hall–Kier alpha value is -1.52. The Morgan fingerprint density at radius 3 is 2.53 bits per heavy atom. The Morgan fingerprint density at radius 1 is 1.11 bits per heavy atom. The molecule has 0 fully saturated rings. The van der Waals surface area contributed by atoms with Gasteiger partial charge in [0.1, 0.15) is 11.5 Å². The third kappa shape index (κ3) is 4.93. The molecule has 0 aliphatic carbocycles. The van der Waals surface area contributed by atoms with E-state index in [0.29, 0.717) is 24.0 Å². The van der Waals surface area contributed by atoms with Gasteiger partial charge in [0.15, 0.2) is 5.82 Å². The summed E-state index contributed by atoms with van der Waals surface area (Å²) in [5.41, 5.74) is 6.58. The zero-order valence-corrected chi connectivity index (χ0v) is 12.3. The summed E-state index contributed by atoms with van der Waals surface area (Å²) < 4.78 is 5.60. The van der Waals surface area contributed by atoms with Crippen LogP contribution in [0.3, 0.4) is 0 Å². The average molecular weight is 266 g/mol. The lowest BCUT2D eigenvalue weighted by molar-refractivity contribution is 0.305. The Morgan fingerprint density at radius 2 is 1.89 bits per heavy atom. The fourth-order valence-corrected chi connectivity index (χ4v) is 1.66. The largest absolute Gasteiger partial charge is 0.476 e. The van der Waals surface area contributed by atoms with E-state index >= 15 is 0 Å². The van der Waals surface area contributed by atoms with Gasteiger partial charge in [-0.05, 0) is 19.3 Å². The molecule has 0 bridgehead atoms. The summed E-state index contributed by atoms with van der Waals surface area (Å²) in [5.74, 6) is 2.01. The van der Waals surface area contributed by atoms with E-state index in [4.69, 9.17) is 10.5 Å². The van der Waals surface area contributed by atoms with E-state index in [1.165, 1.54) is 0 Å². The maximum absolute atomic E-state index is 6.06. The van der Waals surface area contributed by atoms with Crippen LogP contribution in [0, 0.1) is 0 Å². The molecule has 0 radical (unpaired) electrons. The zero-order chi connectivity index (χ0) is 14.1. The lowest BCUT2D eigenvalue weighted by Gasteiger charge is -2.13. The Kier molecular flexibility index (Phi) is 7.00. The molecule has 1 heterocycles. The van der Waals surface area contributed by atoms with E-state index in [9.17, 15) is 0 Å². The minimum Gasteiger partial charge on any atom is -0.476 e. The molecule has 0 aromatic carbocycles. The van der Waals surface area contributed by atoms with Gasteiger partial charge in [-0.15, -0.1) is 0 Å². The van der Waals surface area contributed by atoms with Gasteiger partial charge in [-0.2, -0.15) is 4.98 Å². The molecule has 0 spiro atoms. The van der Waals surface area contributed by atoms with Gasteiger partial charge in [-0.1, -0.05) is 27.2 Å². The van der Waals surface area contributed by atoms with Crippen LogP contribution in [0.15, 0.2) is 0 Å². The second-order valence-corrected chi connectivity index (χ2v) is 4.59. The van der Waals surface area contributed by atoms with Gasteiger partial charge in [0, 0.05) is 13.0 Å². The normalized spacial score (nSPS) is 10.5. The number of nitrogens with two attached hydrogens (primary N) is 1. The van der Waals surface area contributed by atoms with Crippen molar-refractivity contribution in [1.82, 2.24) is 9.97 Å². The van der Waals surface area contributed by atoms with Crippen molar-refractivity contribution in [3.05, 3.63) is 5.82 Å². The molecule has 0 unspecified atom stereocenters. The molecule has 0 atom stereocenters. The number of nitrogens with zero attached hydrogens (tertiary/aromatic N) is 2. The van der Waals surface area contributed by atoms with Crippen molar-refractivity contribution < 1.29 is 4.74 Å². The molecule has 1 aromatic rings. The molecule has 0 amide bonds.